The van der Waals surface area contributed by atoms with E-state index in [1.165, 1.54) is 0 Å². The zero-order valence-electron chi connectivity index (χ0n) is 11.5. The highest BCUT2D eigenvalue weighted by Gasteiger charge is 2.51. The third kappa shape index (κ3) is 3.48. The summed E-state index contributed by atoms with van der Waals surface area (Å²) in [4.78, 5) is 12.0. The van der Waals surface area contributed by atoms with Crippen molar-refractivity contribution in [3.8, 4) is 0 Å². The first-order valence-corrected chi connectivity index (χ1v) is 5.85. The van der Waals surface area contributed by atoms with Gasteiger partial charge in [-0.1, -0.05) is 0 Å². The molecule has 1 unspecified atom stereocenters. The average Bonchev–Trinajstić information content (AvgIpc) is 2.53. The predicted octanol–water partition coefficient (Wildman–Crippen LogP) is 2.92. The van der Waals surface area contributed by atoms with Gasteiger partial charge >= 0.3 is 5.97 Å². The van der Waals surface area contributed by atoms with Gasteiger partial charge in [0.25, 0.3) is 0 Å². The van der Waals surface area contributed by atoms with Gasteiger partial charge in [0.05, 0.1) is 17.1 Å². The van der Waals surface area contributed by atoms with Crippen LogP contribution in [0.1, 0.15) is 54.9 Å². The molecule has 0 amide bonds. The van der Waals surface area contributed by atoms with Gasteiger partial charge in [-0.05, 0) is 54.9 Å². The van der Waals surface area contributed by atoms with Crippen LogP contribution in [-0.4, -0.2) is 23.3 Å². The van der Waals surface area contributed by atoms with Crippen LogP contribution in [0.3, 0.4) is 0 Å². The van der Waals surface area contributed by atoms with E-state index < -0.39 is 11.0 Å². The summed E-state index contributed by atoms with van der Waals surface area (Å²) in [5, 5.41) is 0. The molecule has 1 atom stereocenters. The Kier molecular flexibility index (Phi) is 3.14. The number of esters is 1. The first-order chi connectivity index (χ1) is 6.94. The summed E-state index contributed by atoms with van der Waals surface area (Å²) in [6.07, 6.45) is 0.893. The van der Waals surface area contributed by atoms with E-state index in [4.69, 9.17) is 9.47 Å². The predicted molar refractivity (Wildman–Crippen MR) is 63.2 cm³/mol. The van der Waals surface area contributed by atoms with Gasteiger partial charge in [0, 0.05) is 0 Å². The largest absolute Gasteiger partial charge is 0.460 e. The van der Waals surface area contributed by atoms with E-state index in [9.17, 15) is 4.79 Å². The normalized spacial score (nSPS) is 24.1. The minimum Gasteiger partial charge on any atom is -0.460 e. The summed E-state index contributed by atoms with van der Waals surface area (Å²) in [7, 11) is 0. The van der Waals surface area contributed by atoms with E-state index in [1.807, 2.05) is 48.5 Å². The zero-order valence-corrected chi connectivity index (χ0v) is 11.5. The van der Waals surface area contributed by atoms with Crippen LogP contribution in [0.4, 0.5) is 0 Å². The van der Waals surface area contributed by atoms with Gasteiger partial charge in [0.1, 0.15) is 5.60 Å². The molecule has 0 radical (unpaired) electrons. The topological polar surface area (TPSA) is 38.8 Å². The van der Waals surface area contributed by atoms with Crippen LogP contribution in [0.2, 0.25) is 0 Å². The Balaban J connectivity index is 2.54. The van der Waals surface area contributed by atoms with Crippen molar-refractivity contribution >= 4 is 5.97 Å². The third-order valence-corrected chi connectivity index (χ3v) is 2.81. The molecule has 0 aromatic carbocycles. The van der Waals surface area contributed by atoms with E-state index in [2.05, 4.69) is 0 Å². The molecule has 0 aromatic rings. The van der Waals surface area contributed by atoms with E-state index in [0.717, 1.165) is 6.42 Å². The Morgan fingerprint density at radius 3 is 2.00 bits per heavy atom. The number of hydrogen-bond donors (Lipinski definition) is 0. The minimum atomic E-state index is -0.480. The smallest absolute Gasteiger partial charge is 0.312 e. The maximum Gasteiger partial charge on any atom is 0.312 e. The molecular weight excluding hydrogens is 204 g/mol. The Morgan fingerprint density at radius 2 is 1.69 bits per heavy atom. The monoisotopic (exact) mass is 228 g/mol. The van der Waals surface area contributed by atoms with Gasteiger partial charge in [-0.25, -0.2) is 0 Å². The van der Waals surface area contributed by atoms with Crippen molar-refractivity contribution < 1.29 is 14.3 Å². The molecule has 1 rings (SSSR count). The lowest BCUT2D eigenvalue weighted by Crippen LogP contribution is -2.35. The maximum atomic E-state index is 12.0. The SMILES string of the molecule is CC(C)(C)OC(=O)C(C)(C)CC1OC1(C)C. The second kappa shape index (κ2) is 3.73. The molecule has 0 N–H and O–H groups in total. The highest BCUT2D eigenvalue weighted by molar-refractivity contribution is 5.76. The summed E-state index contributed by atoms with van der Waals surface area (Å²) < 4.78 is 10.9. The molecule has 16 heavy (non-hydrogen) atoms. The molecule has 3 nitrogen and oxygen atoms in total. The lowest BCUT2D eigenvalue weighted by atomic mass is 9.85. The molecule has 0 bridgehead atoms. The van der Waals surface area contributed by atoms with Crippen molar-refractivity contribution in [2.45, 2.75) is 72.2 Å². The molecule has 0 saturated carbocycles. The van der Waals surface area contributed by atoms with Crippen LogP contribution in [0.15, 0.2) is 0 Å². The van der Waals surface area contributed by atoms with Crippen LogP contribution < -0.4 is 0 Å². The zero-order chi connectivity index (χ0) is 12.8. The summed E-state index contributed by atoms with van der Waals surface area (Å²) >= 11 is 0. The molecule has 0 spiro atoms. The van der Waals surface area contributed by atoms with Crippen molar-refractivity contribution in [3.63, 3.8) is 0 Å². The average molecular weight is 228 g/mol. The van der Waals surface area contributed by atoms with E-state index >= 15 is 0 Å². The second-order valence-corrected chi connectivity index (χ2v) is 6.80. The third-order valence-electron chi connectivity index (χ3n) is 2.81. The number of carbonyl (C=O) groups is 1. The van der Waals surface area contributed by atoms with Crippen LogP contribution in [-0.2, 0) is 14.3 Å². The van der Waals surface area contributed by atoms with Crippen molar-refractivity contribution in [1.29, 1.82) is 0 Å². The number of carbonyl (C=O) groups excluding carboxylic acids is 1. The first-order valence-electron chi connectivity index (χ1n) is 5.85. The molecule has 0 aromatic heterocycles. The van der Waals surface area contributed by atoms with Crippen molar-refractivity contribution in [3.05, 3.63) is 0 Å². The van der Waals surface area contributed by atoms with Crippen molar-refractivity contribution in [2.24, 2.45) is 5.41 Å². The first kappa shape index (κ1) is 13.5. The summed E-state index contributed by atoms with van der Waals surface area (Å²) in [5.41, 5.74) is -0.973. The molecular formula is C13H24O3. The van der Waals surface area contributed by atoms with Crippen LogP contribution in [0.5, 0.6) is 0 Å². The number of rotatable bonds is 3. The molecule has 94 valence electrons. The highest BCUT2D eigenvalue weighted by Crippen LogP contribution is 2.43. The van der Waals surface area contributed by atoms with E-state index in [0.29, 0.717) is 0 Å². The van der Waals surface area contributed by atoms with E-state index in [-0.39, 0.29) is 17.7 Å². The molecule has 1 heterocycles. The summed E-state index contributed by atoms with van der Waals surface area (Å²) in [5.74, 6) is -0.147. The lowest BCUT2D eigenvalue weighted by Gasteiger charge is -2.28. The molecule has 1 fully saturated rings. The fourth-order valence-electron chi connectivity index (χ4n) is 1.58. The van der Waals surface area contributed by atoms with Gasteiger partial charge in [-0.2, -0.15) is 0 Å². The molecule has 1 aliphatic heterocycles. The Labute approximate surface area is 98.5 Å². The van der Waals surface area contributed by atoms with Gasteiger partial charge in [-0.3, -0.25) is 4.79 Å². The quantitative estimate of drug-likeness (QED) is 0.550. The maximum absolute atomic E-state index is 12.0. The second-order valence-electron chi connectivity index (χ2n) is 6.80. The highest BCUT2D eigenvalue weighted by atomic mass is 16.6. The standard InChI is InChI=1S/C13H24O3/c1-11(2,3)16-10(14)12(4,5)8-9-13(6,7)15-9/h9H,8H2,1-7H3. The van der Waals surface area contributed by atoms with Gasteiger partial charge in [0.2, 0.25) is 0 Å². The van der Waals surface area contributed by atoms with Crippen molar-refractivity contribution in [1.82, 2.24) is 0 Å². The molecule has 0 aliphatic carbocycles. The molecule has 3 heteroatoms. The Hall–Kier alpha value is -0.570. The fraction of sp³-hybridized carbons (Fsp3) is 0.923. The lowest BCUT2D eigenvalue weighted by molar-refractivity contribution is -0.166. The van der Waals surface area contributed by atoms with Crippen molar-refractivity contribution in [2.75, 3.05) is 0 Å². The summed E-state index contributed by atoms with van der Waals surface area (Å²) in [6.45, 7) is 13.6. The van der Waals surface area contributed by atoms with Gasteiger partial charge in [0.15, 0.2) is 0 Å². The molecule has 1 aliphatic rings. The minimum absolute atomic E-state index is 0.0702. The molecule has 1 saturated heterocycles. The summed E-state index contributed by atoms with van der Waals surface area (Å²) in [6, 6.07) is 0. The number of hydrogen-bond acceptors (Lipinski definition) is 3. The van der Waals surface area contributed by atoms with E-state index in [1.54, 1.807) is 0 Å². The van der Waals surface area contributed by atoms with Gasteiger partial charge < -0.3 is 9.47 Å². The number of ether oxygens (including phenoxy) is 2. The fourth-order valence-corrected chi connectivity index (χ4v) is 1.58. The van der Waals surface area contributed by atoms with Crippen LogP contribution in [0.25, 0.3) is 0 Å². The Morgan fingerprint density at radius 1 is 1.25 bits per heavy atom. The number of epoxide rings is 1. The van der Waals surface area contributed by atoms with Crippen LogP contribution in [0, 0.1) is 5.41 Å². The van der Waals surface area contributed by atoms with Crippen LogP contribution >= 0.6 is 0 Å². The van der Waals surface area contributed by atoms with Gasteiger partial charge in [-0.15, -0.1) is 0 Å². The Bertz CT molecular complexity index is 284.